The smallest absolute Gasteiger partial charge is 0.309 e. The second kappa shape index (κ2) is 6.66. The minimum absolute atomic E-state index is 0.170. The van der Waals surface area contributed by atoms with Crippen molar-refractivity contribution >= 4 is 11.8 Å². The van der Waals surface area contributed by atoms with Crippen LogP contribution < -0.4 is 0 Å². The van der Waals surface area contributed by atoms with Crippen LogP contribution in [0.5, 0.6) is 0 Å². The zero-order valence-corrected chi connectivity index (χ0v) is 11.1. The highest BCUT2D eigenvalue weighted by Crippen LogP contribution is 2.27. The third kappa shape index (κ3) is 3.95. The maximum absolute atomic E-state index is 11.8. The molecule has 1 atom stereocenters. The van der Waals surface area contributed by atoms with Gasteiger partial charge in [0, 0.05) is 11.8 Å². The van der Waals surface area contributed by atoms with E-state index in [0.717, 1.165) is 6.42 Å². The van der Waals surface area contributed by atoms with E-state index >= 15 is 0 Å². The number of ketones is 1. The first-order chi connectivity index (χ1) is 7.47. The van der Waals surface area contributed by atoms with Crippen LogP contribution in [0.4, 0.5) is 0 Å². The molecule has 0 amide bonds. The van der Waals surface area contributed by atoms with Crippen LogP contribution in [-0.4, -0.2) is 18.4 Å². The number of esters is 1. The monoisotopic (exact) mass is 228 g/mol. The van der Waals surface area contributed by atoms with E-state index in [1.807, 2.05) is 34.6 Å². The lowest BCUT2D eigenvalue weighted by Crippen LogP contribution is -2.26. The maximum atomic E-state index is 11.8. The molecule has 1 fully saturated rings. The average Bonchev–Trinajstić information content (AvgIpc) is 2.67. The number of carbonyl (C=O) groups excluding carboxylic acids is 2. The van der Waals surface area contributed by atoms with Crippen LogP contribution in [-0.2, 0) is 14.3 Å². The van der Waals surface area contributed by atoms with Gasteiger partial charge in [0.15, 0.2) is 0 Å². The third-order valence-electron chi connectivity index (χ3n) is 3.11. The fourth-order valence-electron chi connectivity index (χ4n) is 1.42. The lowest BCUT2D eigenvalue weighted by Gasteiger charge is -2.21. The van der Waals surface area contributed by atoms with Crippen LogP contribution in [0, 0.1) is 11.3 Å². The molecule has 0 aromatic carbocycles. The molecule has 0 aliphatic carbocycles. The highest BCUT2D eigenvalue weighted by molar-refractivity contribution is 5.88. The number of cyclic esters (lactones) is 1. The molecule has 16 heavy (non-hydrogen) atoms. The average molecular weight is 228 g/mol. The predicted molar refractivity (Wildman–Crippen MR) is 64.1 cm³/mol. The van der Waals surface area contributed by atoms with Gasteiger partial charge in [-0.3, -0.25) is 9.59 Å². The molecule has 94 valence electrons. The molecule has 3 nitrogen and oxygen atoms in total. The van der Waals surface area contributed by atoms with Gasteiger partial charge < -0.3 is 4.74 Å². The summed E-state index contributed by atoms with van der Waals surface area (Å²) in [5, 5.41) is 0. The van der Waals surface area contributed by atoms with Gasteiger partial charge in [-0.15, -0.1) is 0 Å². The number of carbonyl (C=O) groups is 2. The molecule has 1 aliphatic heterocycles. The van der Waals surface area contributed by atoms with E-state index in [9.17, 15) is 9.59 Å². The standard InChI is InChI=1S/C11H18O3.C2H6/c1-4-11(2,3)9(12)7-8-5-6-14-10(8)13;1-2/h8H,4-7H2,1-3H3;1-2H3. The lowest BCUT2D eigenvalue weighted by atomic mass is 9.81. The van der Waals surface area contributed by atoms with Gasteiger partial charge in [0.25, 0.3) is 0 Å². The molecule has 1 aliphatic rings. The SMILES string of the molecule is CC.CCC(C)(C)C(=O)CC1CCOC1=O. The number of ether oxygens (including phenoxy) is 1. The molecule has 0 saturated carbocycles. The van der Waals surface area contributed by atoms with Crippen LogP contribution in [0.3, 0.4) is 0 Å². The van der Waals surface area contributed by atoms with Crippen molar-refractivity contribution < 1.29 is 14.3 Å². The van der Waals surface area contributed by atoms with Gasteiger partial charge in [-0.25, -0.2) is 0 Å². The molecule has 1 heterocycles. The number of hydrogen-bond acceptors (Lipinski definition) is 3. The molecule has 0 spiro atoms. The predicted octanol–water partition coefficient (Wildman–Crippen LogP) is 2.97. The van der Waals surface area contributed by atoms with Gasteiger partial charge in [-0.2, -0.15) is 0 Å². The Hall–Kier alpha value is -0.860. The van der Waals surface area contributed by atoms with Crippen LogP contribution in [0.25, 0.3) is 0 Å². The van der Waals surface area contributed by atoms with Crippen molar-refractivity contribution in [1.82, 2.24) is 0 Å². The Morgan fingerprint density at radius 2 is 2.00 bits per heavy atom. The summed E-state index contributed by atoms with van der Waals surface area (Å²) in [6, 6.07) is 0. The van der Waals surface area contributed by atoms with Gasteiger partial charge in [-0.05, 0) is 12.8 Å². The van der Waals surface area contributed by atoms with E-state index < -0.39 is 0 Å². The highest BCUT2D eigenvalue weighted by Gasteiger charge is 2.33. The van der Waals surface area contributed by atoms with Crippen molar-refractivity contribution in [3.8, 4) is 0 Å². The molecule has 1 saturated heterocycles. The van der Waals surface area contributed by atoms with Crippen molar-refractivity contribution in [2.75, 3.05) is 6.61 Å². The van der Waals surface area contributed by atoms with Crippen LogP contribution in [0.1, 0.15) is 53.9 Å². The molecule has 0 aromatic heterocycles. The Labute approximate surface area is 98.6 Å². The summed E-state index contributed by atoms with van der Waals surface area (Å²) < 4.78 is 4.82. The minimum atomic E-state index is -0.303. The van der Waals surface area contributed by atoms with E-state index in [0.29, 0.717) is 19.4 Å². The van der Waals surface area contributed by atoms with Gasteiger partial charge in [-0.1, -0.05) is 34.6 Å². The molecular formula is C13H24O3. The molecule has 3 heteroatoms. The summed E-state index contributed by atoms with van der Waals surface area (Å²) in [5.74, 6) is -0.220. The summed E-state index contributed by atoms with van der Waals surface area (Å²) >= 11 is 0. The normalized spacial score (nSPS) is 19.8. The Kier molecular flexibility index (Phi) is 6.31. The second-order valence-electron chi connectivity index (χ2n) is 4.52. The molecular weight excluding hydrogens is 204 g/mol. The highest BCUT2D eigenvalue weighted by atomic mass is 16.5. The first-order valence-electron chi connectivity index (χ1n) is 6.17. The van der Waals surface area contributed by atoms with Crippen molar-refractivity contribution in [3.05, 3.63) is 0 Å². The summed E-state index contributed by atoms with van der Waals surface area (Å²) in [5.41, 5.74) is -0.303. The van der Waals surface area contributed by atoms with Gasteiger partial charge >= 0.3 is 5.97 Å². The van der Waals surface area contributed by atoms with Crippen molar-refractivity contribution in [1.29, 1.82) is 0 Å². The van der Waals surface area contributed by atoms with E-state index in [1.165, 1.54) is 0 Å². The first kappa shape index (κ1) is 15.1. The summed E-state index contributed by atoms with van der Waals surface area (Å²) in [6.07, 6.45) is 1.86. The number of rotatable bonds is 4. The summed E-state index contributed by atoms with van der Waals surface area (Å²) in [7, 11) is 0. The Balaban J connectivity index is 0.00000106. The van der Waals surface area contributed by atoms with Gasteiger partial charge in [0.05, 0.1) is 12.5 Å². The third-order valence-corrected chi connectivity index (χ3v) is 3.11. The van der Waals surface area contributed by atoms with E-state index in [-0.39, 0.29) is 23.1 Å². The van der Waals surface area contributed by atoms with Gasteiger partial charge in [0.1, 0.15) is 5.78 Å². The van der Waals surface area contributed by atoms with Crippen molar-refractivity contribution in [2.45, 2.75) is 53.9 Å². The van der Waals surface area contributed by atoms with E-state index in [1.54, 1.807) is 0 Å². The molecule has 1 rings (SSSR count). The fraction of sp³-hybridized carbons (Fsp3) is 0.846. The molecule has 1 unspecified atom stereocenters. The van der Waals surface area contributed by atoms with Crippen LogP contribution >= 0.6 is 0 Å². The van der Waals surface area contributed by atoms with Crippen LogP contribution in [0.2, 0.25) is 0 Å². The van der Waals surface area contributed by atoms with E-state index in [4.69, 9.17) is 4.74 Å². The minimum Gasteiger partial charge on any atom is -0.465 e. The van der Waals surface area contributed by atoms with E-state index in [2.05, 4.69) is 0 Å². The summed E-state index contributed by atoms with van der Waals surface area (Å²) in [4.78, 5) is 22.9. The maximum Gasteiger partial charge on any atom is 0.309 e. The zero-order chi connectivity index (χ0) is 12.8. The largest absolute Gasteiger partial charge is 0.465 e. The Morgan fingerprint density at radius 1 is 1.44 bits per heavy atom. The fourth-order valence-corrected chi connectivity index (χ4v) is 1.42. The molecule has 0 bridgehead atoms. The molecule has 0 N–H and O–H groups in total. The Morgan fingerprint density at radius 3 is 2.38 bits per heavy atom. The van der Waals surface area contributed by atoms with Crippen LogP contribution in [0.15, 0.2) is 0 Å². The summed E-state index contributed by atoms with van der Waals surface area (Å²) in [6.45, 7) is 10.3. The number of hydrogen-bond donors (Lipinski definition) is 0. The van der Waals surface area contributed by atoms with Gasteiger partial charge in [0.2, 0.25) is 0 Å². The first-order valence-corrected chi connectivity index (χ1v) is 6.17. The quantitative estimate of drug-likeness (QED) is 0.695. The van der Waals surface area contributed by atoms with Crippen molar-refractivity contribution in [3.63, 3.8) is 0 Å². The molecule has 0 aromatic rings. The lowest BCUT2D eigenvalue weighted by molar-refractivity contribution is -0.143. The molecule has 0 radical (unpaired) electrons. The Bertz CT molecular complexity index is 244. The topological polar surface area (TPSA) is 43.4 Å². The number of Topliss-reactive ketones (excluding diaryl/α,β-unsaturated/α-hetero) is 1. The zero-order valence-electron chi connectivity index (χ0n) is 11.1. The van der Waals surface area contributed by atoms with Crippen molar-refractivity contribution in [2.24, 2.45) is 11.3 Å². The second-order valence-corrected chi connectivity index (χ2v) is 4.52.